The molecule has 0 atom stereocenters. The lowest BCUT2D eigenvalue weighted by Crippen LogP contribution is -2.13. The number of carbonyl (C=O) groups is 1. The van der Waals surface area contributed by atoms with Gasteiger partial charge in [-0.1, -0.05) is 12.1 Å². The van der Waals surface area contributed by atoms with Crippen LogP contribution in [0.25, 0.3) is 0 Å². The van der Waals surface area contributed by atoms with Gasteiger partial charge in [0, 0.05) is 26.7 Å². The van der Waals surface area contributed by atoms with Crippen molar-refractivity contribution in [3.8, 4) is 0 Å². The van der Waals surface area contributed by atoms with Gasteiger partial charge in [-0.15, -0.1) is 0 Å². The summed E-state index contributed by atoms with van der Waals surface area (Å²) in [4.78, 5) is 12.5. The highest BCUT2D eigenvalue weighted by Crippen LogP contribution is 2.23. The van der Waals surface area contributed by atoms with E-state index in [4.69, 9.17) is 5.11 Å². The Morgan fingerprint density at radius 3 is 2.65 bits per heavy atom. The van der Waals surface area contributed by atoms with Crippen LogP contribution in [0, 0.1) is 0 Å². The second-order valence-corrected chi connectivity index (χ2v) is 4.09. The molecule has 0 aliphatic heterocycles. The van der Waals surface area contributed by atoms with Gasteiger partial charge in [0.15, 0.2) is 0 Å². The summed E-state index contributed by atoms with van der Waals surface area (Å²) in [5, 5.41) is 11.8. The van der Waals surface area contributed by atoms with Crippen molar-refractivity contribution in [1.29, 1.82) is 0 Å². The number of carboxylic acids is 1. The maximum Gasteiger partial charge on any atom is 0.328 e. The van der Waals surface area contributed by atoms with Crippen LogP contribution in [0.3, 0.4) is 0 Å². The fraction of sp³-hybridized carbons (Fsp3) is 0.308. The standard InChI is InChI=1S/C13H18N2O2/c1-10(8-13(16)17)9-14-11-6-4-5-7-12(11)15(2)3/h4-8,14H,9H2,1-3H3,(H,16,17)/b10-8+. The Kier molecular flexibility index (Phi) is 4.57. The van der Waals surface area contributed by atoms with Crippen LogP contribution in [0.5, 0.6) is 0 Å². The number of carboxylic acid groups (broad SMARTS) is 1. The van der Waals surface area contributed by atoms with Crippen molar-refractivity contribution in [3.63, 3.8) is 0 Å². The topological polar surface area (TPSA) is 52.6 Å². The number of hydrogen-bond acceptors (Lipinski definition) is 3. The lowest BCUT2D eigenvalue weighted by Gasteiger charge is -2.18. The van der Waals surface area contributed by atoms with Gasteiger partial charge in [-0.2, -0.15) is 0 Å². The smallest absolute Gasteiger partial charge is 0.328 e. The van der Waals surface area contributed by atoms with Crippen molar-refractivity contribution in [3.05, 3.63) is 35.9 Å². The highest BCUT2D eigenvalue weighted by atomic mass is 16.4. The molecule has 0 amide bonds. The van der Waals surface area contributed by atoms with Crippen molar-refractivity contribution in [2.45, 2.75) is 6.92 Å². The molecule has 4 heteroatoms. The van der Waals surface area contributed by atoms with E-state index in [1.54, 1.807) is 6.92 Å². The fourth-order valence-electron chi connectivity index (χ4n) is 1.51. The summed E-state index contributed by atoms with van der Waals surface area (Å²) in [7, 11) is 3.95. The first kappa shape index (κ1) is 13.1. The van der Waals surface area contributed by atoms with Gasteiger partial charge in [0.2, 0.25) is 0 Å². The van der Waals surface area contributed by atoms with Crippen LogP contribution in [0.2, 0.25) is 0 Å². The van der Waals surface area contributed by atoms with Crippen LogP contribution in [0.4, 0.5) is 11.4 Å². The zero-order valence-corrected chi connectivity index (χ0v) is 10.4. The third-order valence-corrected chi connectivity index (χ3v) is 2.31. The van der Waals surface area contributed by atoms with E-state index in [2.05, 4.69) is 5.32 Å². The monoisotopic (exact) mass is 234 g/mol. The second kappa shape index (κ2) is 5.94. The molecular weight excluding hydrogens is 216 g/mol. The Hall–Kier alpha value is -1.97. The first-order valence-corrected chi connectivity index (χ1v) is 5.41. The first-order valence-electron chi connectivity index (χ1n) is 5.41. The van der Waals surface area contributed by atoms with Gasteiger partial charge in [-0.05, 0) is 24.6 Å². The van der Waals surface area contributed by atoms with E-state index in [1.807, 2.05) is 43.3 Å². The lowest BCUT2D eigenvalue weighted by atomic mass is 10.2. The Bertz CT molecular complexity index is 425. The molecule has 0 saturated heterocycles. The highest BCUT2D eigenvalue weighted by molar-refractivity contribution is 5.80. The normalized spacial score (nSPS) is 11.1. The van der Waals surface area contributed by atoms with Crippen molar-refractivity contribution in [2.75, 3.05) is 30.9 Å². The molecule has 0 bridgehead atoms. The van der Waals surface area contributed by atoms with Gasteiger partial charge in [-0.3, -0.25) is 0 Å². The molecule has 4 nitrogen and oxygen atoms in total. The fourth-order valence-corrected chi connectivity index (χ4v) is 1.51. The number of nitrogens with one attached hydrogen (secondary N) is 1. The third kappa shape index (κ3) is 4.18. The van der Waals surface area contributed by atoms with Crippen molar-refractivity contribution >= 4 is 17.3 Å². The molecule has 0 aliphatic carbocycles. The van der Waals surface area contributed by atoms with E-state index in [-0.39, 0.29) is 0 Å². The molecular formula is C13H18N2O2. The molecule has 0 saturated carbocycles. The molecule has 0 fully saturated rings. The first-order chi connectivity index (χ1) is 8.00. The summed E-state index contributed by atoms with van der Waals surface area (Å²) in [5.74, 6) is -0.912. The molecule has 1 rings (SSSR count). The number of benzene rings is 1. The average molecular weight is 234 g/mol. The van der Waals surface area contributed by atoms with Crippen molar-refractivity contribution in [2.24, 2.45) is 0 Å². The SMILES string of the molecule is C/C(=C\C(=O)O)CNc1ccccc1N(C)C. The quantitative estimate of drug-likeness (QED) is 0.767. The van der Waals surface area contributed by atoms with E-state index < -0.39 is 5.97 Å². The number of anilines is 2. The average Bonchev–Trinajstić information content (AvgIpc) is 2.25. The van der Waals surface area contributed by atoms with Gasteiger partial charge < -0.3 is 15.3 Å². The number of hydrogen-bond donors (Lipinski definition) is 2. The van der Waals surface area contributed by atoms with Crippen LogP contribution < -0.4 is 10.2 Å². The van der Waals surface area contributed by atoms with E-state index >= 15 is 0 Å². The van der Waals surface area contributed by atoms with Crippen LogP contribution >= 0.6 is 0 Å². The molecule has 92 valence electrons. The second-order valence-electron chi connectivity index (χ2n) is 4.09. The molecule has 1 aromatic carbocycles. The minimum atomic E-state index is -0.912. The summed E-state index contributed by atoms with van der Waals surface area (Å²) in [6.45, 7) is 2.32. The van der Waals surface area contributed by atoms with Gasteiger partial charge in [0.25, 0.3) is 0 Å². The Morgan fingerprint density at radius 2 is 2.06 bits per heavy atom. The van der Waals surface area contributed by atoms with Crippen molar-refractivity contribution in [1.82, 2.24) is 0 Å². The largest absolute Gasteiger partial charge is 0.478 e. The molecule has 0 aliphatic rings. The Balaban J connectivity index is 2.73. The highest BCUT2D eigenvalue weighted by Gasteiger charge is 2.03. The van der Waals surface area contributed by atoms with Crippen LogP contribution in [0.1, 0.15) is 6.92 Å². The van der Waals surface area contributed by atoms with Gasteiger partial charge >= 0.3 is 5.97 Å². The van der Waals surface area contributed by atoms with Gasteiger partial charge in [-0.25, -0.2) is 4.79 Å². The Labute approximate surface area is 102 Å². The number of rotatable bonds is 5. The summed E-state index contributed by atoms with van der Waals surface area (Å²) in [6, 6.07) is 7.91. The Morgan fingerprint density at radius 1 is 1.41 bits per heavy atom. The van der Waals surface area contributed by atoms with Crippen LogP contribution in [-0.2, 0) is 4.79 Å². The number of nitrogens with zero attached hydrogens (tertiary/aromatic N) is 1. The molecule has 0 heterocycles. The summed E-state index contributed by atoms with van der Waals surface area (Å²) >= 11 is 0. The van der Waals surface area contributed by atoms with Gasteiger partial charge in [0.1, 0.15) is 0 Å². The maximum absolute atomic E-state index is 10.5. The number of para-hydroxylation sites is 2. The molecule has 0 aromatic heterocycles. The molecule has 0 spiro atoms. The lowest BCUT2D eigenvalue weighted by molar-refractivity contribution is -0.131. The van der Waals surface area contributed by atoms with E-state index in [1.165, 1.54) is 6.08 Å². The number of aliphatic carboxylic acids is 1. The van der Waals surface area contributed by atoms with Crippen molar-refractivity contribution < 1.29 is 9.90 Å². The van der Waals surface area contributed by atoms with Crippen LogP contribution in [-0.4, -0.2) is 31.7 Å². The van der Waals surface area contributed by atoms with E-state index in [0.29, 0.717) is 6.54 Å². The minimum Gasteiger partial charge on any atom is -0.478 e. The molecule has 2 N–H and O–H groups in total. The maximum atomic E-state index is 10.5. The summed E-state index contributed by atoms with van der Waals surface area (Å²) in [6.07, 6.45) is 1.21. The predicted octanol–water partition coefficient (Wildman–Crippen LogP) is 2.20. The van der Waals surface area contributed by atoms with Gasteiger partial charge in [0.05, 0.1) is 11.4 Å². The molecule has 0 radical (unpaired) electrons. The summed E-state index contributed by atoms with van der Waals surface area (Å²) < 4.78 is 0. The molecule has 0 unspecified atom stereocenters. The van der Waals surface area contributed by atoms with Crippen LogP contribution in [0.15, 0.2) is 35.9 Å². The van der Waals surface area contributed by atoms with E-state index in [0.717, 1.165) is 16.9 Å². The summed E-state index contributed by atoms with van der Waals surface area (Å²) in [5.41, 5.74) is 2.86. The molecule has 17 heavy (non-hydrogen) atoms. The van der Waals surface area contributed by atoms with E-state index in [9.17, 15) is 4.79 Å². The zero-order valence-electron chi connectivity index (χ0n) is 10.4. The zero-order chi connectivity index (χ0) is 12.8. The molecule has 1 aromatic rings. The minimum absolute atomic E-state index is 0.525. The third-order valence-electron chi connectivity index (χ3n) is 2.31. The predicted molar refractivity (Wildman–Crippen MR) is 70.7 cm³/mol.